The normalized spacial score (nSPS) is 12.9. The van der Waals surface area contributed by atoms with Crippen LogP contribution >= 0.6 is 12.2 Å². The molecule has 0 fully saturated rings. The molecule has 1 unspecified atom stereocenters. The number of imidazole rings is 1. The highest BCUT2D eigenvalue weighted by molar-refractivity contribution is 7.71. The average Bonchev–Trinajstić information content (AvgIpc) is 3.02. The van der Waals surface area contributed by atoms with Gasteiger partial charge in [-0.25, -0.2) is 4.39 Å². The van der Waals surface area contributed by atoms with Gasteiger partial charge in [0.05, 0.1) is 17.3 Å². The molecule has 2 aromatic heterocycles. The Labute approximate surface area is 121 Å². The Bertz CT molecular complexity index is 773. The van der Waals surface area contributed by atoms with Crippen molar-refractivity contribution >= 4 is 23.3 Å². The molecule has 0 saturated heterocycles. The minimum absolute atomic E-state index is 0.170. The van der Waals surface area contributed by atoms with Gasteiger partial charge in [0.25, 0.3) is 0 Å². The van der Waals surface area contributed by atoms with Crippen LogP contribution in [0.2, 0.25) is 0 Å². The standard InChI is InChI=1S/C15H15FN2OS/c1-10(4-6-12-3-2-8-19-12)18-14-9-11(16)5-7-13(14)17-15(18)20/h2-3,5,7-10H,4,6H2,1H3,(H,17,20). The van der Waals surface area contributed by atoms with E-state index in [-0.39, 0.29) is 11.9 Å². The summed E-state index contributed by atoms with van der Waals surface area (Å²) < 4.78 is 21.3. The monoisotopic (exact) mass is 290 g/mol. The number of aromatic nitrogens is 2. The number of hydrogen-bond donors (Lipinski definition) is 1. The van der Waals surface area contributed by atoms with E-state index in [1.165, 1.54) is 12.1 Å². The number of nitrogens with one attached hydrogen (secondary N) is 1. The number of furan rings is 1. The van der Waals surface area contributed by atoms with Crippen molar-refractivity contribution in [1.29, 1.82) is 0 Å². The molecule has 20 heavy (non-hydrogen) atoms. The van der Waals surface area contributed by atoms with E-state index in [4.69, 9.17) is 16.6 Å². The summed E-state index contributed by atoms with van der Waals surface area (Å²) in [6.07, 6.45) is 3.38. The second-order valence-electron chi connectivity index (χ2n) is 4.93. The lowest BCUT2D eigenvalue weighted by molar-refractivity contribution is 0.455. The van der Waals surface area contributed by atoms with Crippen molar-refractivity contribution in [3.8, 4) is 0 Å². The van der Waals surface area contributed by atoms with E-state index < -0.39 is 0 Å². The highest BCUT2D eigenvalue weighted by Gasteiger charge is 2.12. The van der Waals surface area contributed by atoms with Gasteiger partial charge in [-0.3, -0.25) is 0 Å². The second-order valence-corrected chi connectivity index (χ2v) is 5.32. The summed E-state index contributed by atoms with van der Waals surface area (Å²) in [7, 11) is 0. The lowest BCUT2D eigenvalue weighted by Gasteiger charge is -2.13. The first-order chi connectivity index (χ1) is 9.65. The number of hydrogen-bond acceptors (Lipinski definition) is 2. The number of benzene rings is 1. The van der Waals surface area contributed by atoms with Crippen LogP contribution in [0, 0.1) is 10.6 Å². The number of nitrogens with zero attached hydrogens (tertiary/aromatic N) is 1. The van der Waals surface area contributed by atoms with Crippen LogP contribution in [0.15, 0.2) is 41.0 Å². The second kappa shape index (κ2) is 5.25. The topological polar surface area (TPSA) is 33.9 Å². The number of rotatable bonds is 4. The van der Waals surface area contributed by atoms with E-state index in [9.17, 15) is 4.39 Å². The van der Waals surface area contributed by atoms with Crippen molar-refractivity contribution in [1.82, 2.24) is 9.55 Å². The number of halogens is 1. The number of fused-ring (bicyclic) bond motifs is 1. The van der Waals surface area contributed by atoms with Crippen LogP contribution in [-0.2, 0) is 6.42 Å². The molecular weight excluding hydrogens is 275 g/mol. The molecule has 3 aromatic rings. The van der Waals surface area contributed by atoms with Gasteiger partial charge >= 0.3 is 0 Å². The van der Waals surface area contributed by atoms with Crippen LogP contribution in [0.25, 0.3) is 11.0 Å². The van der Waals surface area contributed by atoms with Crippen molar-refractivity contribution in [3.05, 3.63) is 52.9 Å². The molecular formula is C15H15FN2OS. The fourth-order valence-electron chi connectivity index (χ4n) is 2.47. The number of aryl methyl sites for hydroxylation is 1. The highest BCUT2D eigenvalue weighted by atomic mass is 32.1. The summed E-state index contributed by atoms with van der Waals surface area (Å²) in [5, 5.41) is 0. The molecule has 104 valence electrons. The Morgan fingerprint density at radius 3 is 3.00 bits per heavy atom. The predicted molar refractivity (Wildman–Crippen MR) is 78.8 cm³/mol. The lowest BCUT2D eigenvalue weighted by Crippen LogP contribution is -2.06. The Kier molecular flexibility index (Phi) is 3.44. The van der Waals surface area contributed by atoms with Gasteiger partial charge in [-0.2, -0.15) is 0 Å². The SMILES string of the molecule is CC(CCc1ccco1)n1c(=S)[nH]c2ccc(F)cc21. The summed E-state index contributed by atoms with van der Waals surface area (Å²) in [5.74, 6) is 0.702. The summed E-state index contributed by atoms with van der Waals surface area (Å²) in [6, 6.07) is 8.68. The van der Waals surface area contributed by atoms with E-state index in [2.05, 4.69) is 11.9 Å². The molecule has 0 amide bonds. The van der Waals surface area contributed by atoms with Crippen LogP contribution in [-0.4, -0.2) is 9.55 Å². The molecule has 0 radical (unpaired) electrons. The minimum atomic E-state index is -0.251. The van der Waals surface area contributed by atoms with Gasteiger partial charge in [-0.1, -0.05) is 0 Å². The van der Waals surface area contributed by atoms with E-state index in [1.54, 1.807) is 12.3 Å². The van der Waals surface area contributed by atoms with Crippen molar-refractivity contribution < 1.29 is 8.81 Å². The highest BCUT2D eigenvalue weighted by Crippen LogP contribution is 2.23. The summed E-state index contributed by atoms with van der Waals surface area (Å²) >= 11 is 5.35. The summed E-state index contributed by atoms with van der Waals surface area (Å²) in [5.41, 5.74) is 1.67. The molecule has 1 N–H and O–H groups in total. The third-order valence-corrected chi connectivity index (χ3v) is 3.81. The maximum Gasteiger partial charge on any atom is 0.178 e. The Morgan fingerprint density at radius 2 is 2.25 bits per heavy atom. The first kappa shape index (κ1) is 13.1. The first-order valence-corrected chi connectivity index (χ1v) is 6.98. The van der Waals surface area contributed by atoms with Gasteiger partial charge in [0, 0.05) is 12.5 Å². The maximum absolute atomic E-state index is 13.4. The Morgan fingerprint density at radius 1 is 1.40 bits per heavy atom. The number of aromatic amines is 1. The van der Waals surface area contributed by atoms with Crippen LogP contribution in [0.1, 0.15) is 25.1 Å². The van der Waals surface area contributed by atoms with E-state index >= 15 is 0 Å². The first-order valence-electron chi connectivity index (χ1n) is 6.57. The molecule has 3 nitrogen and oxygen atoms in total. The maximum atomic E-state index is 13.4. The largest absolute Gasteiger partial charge is 0.469 e. The van der Waals surface area contributed by atoms with Gasteiger partial charge in [0.2, 0.25) is 0 Å². The van der Waals surface area contributed by atoms with E-state index in [0.717, 1.165) is 29.6 Å². The van der Waals surface area contributed by atoms with Gasteiger partial charge in [0.1, 0.15) is 11.6 Å². The lowest BCUT2D eigenvalue weighted by atomic mass is 10.1. The van der Waals surface area contributed by atoms with E-state index in [0.29, 0.717) is 4.77 Å². The zero-order chi connectivity index (χ0) is 14.1. The molecule has 0 bridgehead atoms. The van der Waals surface area contributed by atoms with Crippen molar-refractivity contribution in [3.63, 3.8) is 0 Å². The average molecular weight is 290 g/mol. The Hall–Kier alpha value is -1.88. The fourth-order valence-corrected chi connectivity index (χ4v) is 2.86. The Balaban J connectivity index is 1.90. The van der Waals surface area contributed by atoms with Crippen LogP contribution in [0.4, 0.5) is 4.39 Å². The van der Waals surface area contributed by atoms with Gasteiger partial charge in [-0.15, -0.1) is 0 Å². The summed E-state index contributed by atoms with van der Waals surface area (Å²) in [6.45, 7) is 2.08. The van der Waals surface area contributed by atoms with Gasteiger partial charge < -0.3 is 14.0 Å². The fraction of sp³-hybridized carbons (Fsp3) is 0.267. The van der Waals surface area contributed by atoms with Crippen LogP contribution in [0.5, 0.6) is 0 Å². The van der Waals surface area contributed by atoms with Crippen molar-refractivity contribution in [2.45, 2.75) is 25.8 Å². The molecule has 5 heteroatoms. The zero-order valence-corrected chi connectivity index (χ0v) is 11.9. The van der Waals surface area contributed by atoms with E-state index in [1.807, 2.05) is 16.7 Å². The molecule has 1 aromatic carbocycles. The molecule has 0 spiro atoms. The zero-order valence-electron chi connectivity index (χ0n) is 11.1. The smallest absolute Gasteiger partial charge is 0.178 e. The summed E-state index contributed by atoms with van der Waals surface area (Å²) in [4.78, 5) is 3.12. The molecule has 0 saturated carbocycles. The third-order valence-electron chi connectivity index (χ3n) is 3.51. The van der Waals surface area contributed by atoms with Crippen LogP contribution in [0.3, 0.4) is 0 Å². The minimum Gasteiger partial charge on any atom is -0.469 e. The van der Waals surface area contributed by atoms with Gasteiger partial charge in [-0.05, 0) is 55.9 Å². The molecule has 3 rings (SSSR count). The van der Waals surface area contributed by atoms with Crippen molar-refractivity contribution in [2.24, 2.45) is 0 Å². The molecule has 1 atom stereocenters. The molecule has 0 aliphatic heterocycles. The molecule has 2 heterocycles. The predicted octanol–water partition coefficient (Wildman–Crippen LogP) is 4.62. The van der Waals surface area contributed by atoms with Crippen LogP contribution < -0.4 is 0 Å². The quantitative estimate of drug-likeness (QED) is 0.711. The molecule has 0 aliphatic rings. The third kappa shape index (κ3) is 2.41. The number of H-pyrrole nitrogens is 1. The van der Waals surface area contributed by atoms with Gasteiger partial charge in [0.15, 0.2) is 4.77 Å². The van der Waals surface area contributed by atoms with Crippen molar-refractivity contribution in [2.75, 3.05) is 0 Å². The molecule has 0 aliphatic carbocycles.